The molecular weight excluding hydrogens is 188 g/mol. The van der Waals surface area contributed by atoms with Gasteiger partial charge in [0.25, 0.3) is 0 Å². The van der Waals surface area contributed by atoms with Crippen LogP contribution in [-0.4, -0.2) is 36.5 Å². The van der Waals surface area contributed by atoms with Crippen LogP contribution in [0.2, 0.25) is 0 Å². The summed E-state index contributed by atoms with van der Waals surface area (Å²) in [5, 5.41) is 3.23. The predicted octanol–water partition coefficient (Wildman–Crippen LogP) is 1.78. The highest BCUT2D eigenvalue weighted by Crippen LogP contribution is 2.10. The van der Waals surface area contributed by atoms with Gasteiger partial charge in [0.2, 0.25) is 5.91 Å². The number of hydrogen-bond donors (Lipinski definition) is 1. The molecule has 0 aromatic rings. The molecule has 0 radical (unpaired) electrons. The van der Waals surface area contributed by atoms with Gasteiger partial charge in [-0.05, 0) is 12.8 Å². The van der Waals surface area contributed by atoms with Gasteiger partial charge >= 0.3 is 0 Å². The average molecular weight is 212 g/mol. The first-order valence-corrected chi connectivity index (χ1v) is 6.29. The molecule has 1 aliphatic heterocycles. The third kappa shape index (κ3) is 3.82. The fourth-order valence-electron chi connectivity index (χ4n) is 1.92. The Kier molecular flexibility index (Phi) is 5.69. The van der Waals surface area contributed by atoms with Gasteiger partial charge in [-0.2, -0.15) is 0 Å². The third-order valence-corrected chi connectivity index (χ3v) is 2.98. The average Bonchev–Trinajstić information content (AvgIpc) is 2.14. The van der Waals surface area contributed by atoms with Gasteiger partial charge in [0.1, 0.15) is 0 Å². The number of nitrogens with zero attached hydrogens (tertiary/aromatic N) is 1. The summed E-state index contributed by atoms with van der Waals surface area (Å²) in [6.07, 6.45) is 5.22. The second-order valence-corrected chi connectivity index (χ2v) is 4.36. The van der Waals surface area contributed by atoms with Gasteiger partial charge in [-0.3, -0.25) is 4.79 Å². The quantitative estimate of drug-likeness (QED) is 0.652. The molecule has 1 rings (SSSR count). The van der Waals surface area contributed by atoms with Crippen molar-refractivity contribution < 1.29 is 4.79 Å². The summed E-state index contributed by atoms with van der Waals surface area (Å²) in [6, 6.07) is 0.471. The van der Waals surface area contributed by atoms with Crippen molar-refractivity contribution in [1.29, 1.82) is 0 Å². The van der Waals surface area contributed by atoms with Crippen molar-refractivity contribution in [2.24, 2.45) is 0 Å². The zero-order valence-electron chi connectivity index (χ0n) is 10.1. The van der Waals surface area contributed by atoms with E-state index in [1.807, 2.05) is 0 Å². The van der Waals surface area contributed by atoms with Gasteiger partial charge in [0.15, 0.2) is 0 Å². The van der Waals surface area contributed by atoms with Gasteiger partial charge < -0.3 is 10.2 Å². The zero-order chi connectivity index (χ0) is 11.1. The first-order chi connectivity index (χ1) is 7.29. The maximum absolute atomic E-state index is 11.9. The van der Waals surface area contributed by atoms with E-state index in [2.05, 4.69) is 24.1 Å². The van der Waals surface area contributed by atoms with Crippen LogP contribution in [0.3, 0.4) is 0 Å². The van der Waals surface area contributed by atoms with Crippen LogP contribution in [0.15, 0.2) is 0 Å². The second-order valence-electron chi connectivity index (χ2n) is 4.36. The van der Waals surface area contributed by atoms with E-state index < -0.39 is 0 Å². The Bertz CT molecular complexity index is 190. The Labute approximate surface area is 93.2 Å². The van der Waals surface area contributed by atoms with Gasteiger partial charge in [-0.15, -0.1) is 0 Å². The number of unbranched alkanes of at least 4 members (excludes halogenated alkanes) is 2. The molecule has 3 heteroatoms. The SMILES string of the molecule is CCCCCC(=O)N(CCC)C1CNC1. The summed E-state index contributed by atoms with van der Waals surface area (Å²) in [4.78, 5) is 14.0. The molecule has 0 aliphatic carbocycles. The first-order valence-electron chi connectivity index (χ1n) is 6.29. The van der Waals surface area contributed by atoms with E-state index in [0.29, 0.717) is 11.9 Å². The molecular formula is C12H24N2O. The number of rotatable bonds is 7. The lowest BCUT2D eigenvalue weighted by Gasteiger charge is -2.38. The van der Waals surface area contributed by atoms with Crippen LogP contribution >= 0.6 is 0 Å². The molecule has 0 aromatic heterocycles. The third-order valence-electron chi connectivity index (χ3n) is 2.98. The predicted molar refractivity (Wildman–Crippen MR) is 62.8 cm³/mol. The van der Waals surface area contributed by atoms with Gasteiger partial charge in [0, 0.05) is 26.1 Å². The van der Waals surface area contributed by atoms with Crippen LogP contribution in [0.1, 0.15) is 46.0 Å². The summed E-state index contributed by atoms with van der Waals surface area (Å²) in [5.74, 6) is 0.358. The van der Waals surface area contributed by atoms with Crippen LogP contribution < -0.4 is 5.32 Å². The maximum atomic E-state index is 11.9. The molecule has 1 fully saturated rings. The topological polar surface area (TPSA) is 32.3 Å². The van der Waals surface area contributed by atoms with E-state index >= 15 is 0 Å². The van der Waals surface area contributed by atoms with Gasteiger partial charge in [0.05, 0.1) is 6.04 Å². The Balaban J connectivity index is 2.29. The van der Waals surface area contributed by atoms with Crippen LogP contribution in [0.4, 0.5) is 0 Å². The van der Waals surface area contributed by atoms with Crippen molar-refractivity contribution in [3.05, 3.63) is 0 Å². The fraction of sp³-hybridized carbons (Fsp3) is 0.917. The minimum atomic E-state index is 0.358. The molecule has 1 saturated heterocycles. The summed E-state index contributed by atoms with van der Waals surface area (Å²) in [6.45, 7) is 7.21. The molecule has 88 valence electrons. The van der Waals surface area contributed by atoms with Gasteiger partial charge in [-0.1, -0.05) is 26.7 Å². The van der Waals surface area contributed by atoms with Crippen molar-refractivity contribution in [3.63, 3.8) is 0 Å². The molecule has 1 heterocycles. The Morgan fingerprint density at radius 3 is 2.47 bits per heavy atom. The highest BCUT2D eigenvalue weighted by atomic mass is 16.2. The molecule has 0 saturated carbocycles. The van der Waals surface area contributed by atoms with Crippen molar-refractivity contribution in [1.82, 2.24) is 10.2 Å². The smallest absolute Gasteiger partial charge is 0.222 e. The summed E-state index contributed by atoms with van der Waals surface area (Å²) < 4.78 is 0. The van der Waals surface area contributed by atoms with Crippen LogP contribution in [-0.2, 0) is 4.79 Å². The highest BCUT2D eigenvalue weighted by molar-refractivity contribution is 5.76. The van der Waals surface area contributed by atoms with E-state index in [4.69, 9.17) is 0 Å². The lowest BCUT2D eigenvalue weighted by Crippen LogP contribution is -2.59. The number of nitrogens with one attached hydrogen (secondary N) is 1. The molecule has 0 aromatic carbocycles. The molecule has 0 spiro atoms. The van der Waals surface area contributed by atoms with Crippen molar-refractivity contribution in [2.45, 2.75) is 52.0 Å². The molecule has 1 N–H and O–H groups in total. The van der Waals surface area contributed by atoms with Crippen LogP contribution in [0.25, 0.3) is 0 Å². The number of hydrogen-bond acceptors (Lipinski definition) is 2. The first kappa shape index (κ1) is 12.5. The minimum Gasteiger partial charge on any atom is -0.337 e. The lowest BCUT2D eigenvalue weighted by atomic mass is 10.1. The minimum absolute atomic E-state index is 0.358. The molecule has 3 nitrogen and oxygen atoms in total. The Hall–Kier alpha value is -0.570. The van der Waals surface area contributed by atoms with Crippen molar-refractivity contribution in [3.8, 4) is 0 Å². The summed E-state index contributed by atoms with van der Waals surface area (Å²) in [5.41, 5.74) is 0. The lowest BCUT2D eigenvalue weighted by molar-refractivity contribution is -0.134. The van der Waals surface area contributed by atoms with E-state index in [9.17, 15) is 4.79 Å². The second kappa shape index (κ2) is 6.83. The standard InChI is InChI=1S/C12H24N2O/c1-3-5-6-7-12(15)14(8-4-2)11-9-13-10-11/h11,13H,3-10H2,1-2H3. The number of carbonyl (C=O) groups is 1. The van der Waals surface area contributed by atoms with E-state index in [-0.39, 0.29) is 0 Å². The summed E-state index contributed by atoms with van der Waals surface area (Å²) >= 11 is 0. The Morgan fingerprint density at radius 1 is 1.27 bits per heavy atom. The van der Waals surface area contributed by atoms with E-state index in [1.54, 1.807) is 0 Å². The monoisotopic (exact) mass is 212 g/mol. The summed E-state index contributed by atoms with van der Waals surface area (Å²) in [7, 11) is 0. The largest absolute Gasteiger partial charge is 0.337 e. The molecule has 0 atom stereocenters. The van der Waals surface area contributed by atoms with Crippen molar-refractivity contribution >= 4 is 5.91 Å². The van der Waals surface area contributed by atoms with Crippen LogP contribution in [0, 0.1) is 0 Å². The normalized spacial score (nSPS) is 16.1. The molecule has 15 heavy (non-hydrogen) atoms. The molecule has 0 bridgehead atoms. The number of carbonyl (C=O) groups excluding carboxylic acids is 1. The van der Waals surface area contributed by atoms with Crippen molar-refractivity contribution in [2.75, 3.05) is 19.6 Å². The highest BCUT2D eigenvalue weighted by Gasteiger charge is 2.27. The molecule has 1 aliphatic rings. The molecule has 1 amide bonds. The zero-order valence-corrected chi connectivity index (χ0v) is 10.1. The Morgan fingerprint density at radius 2 is 2.00 bits per heavy atom. The molecule has 0 unspecified atom stereocenters. The van der Waals surface area contributed by atoms with Crippen LogP contribution in [0.5, 0.6) is 0 Å². The van der Waals surface area contributed by atoms with E-state index in [1.165, 1.54) is 12.8 Å². The van der Waals surface area contributed by atoms with Gasteiger partial charge in [-0.25, -0.2) is 0 Å². The number of amides is 1. The maximum Gasteiger partial charge on any atom is 0.222 e. The fourth-order valence-corrected chi connectivity index (χ4v) is 1.92. The van der Waals surface area contributed by atoms with E-state index in [0.717, 1.165) is 38.9 Å².